The SMILES string of the molecule is O=C(CCOCC(Cc1cccnc1)Nc1cn[nH]c(=O)c1C(F)(F)F)N1CCN(c2ncc(C(F)(F)F)cn2)CC1. The van der Waals surface area contributed by atoms with Crippen LogP contribution < -0.4 is 15.8 Å². The maximum atomic E-state index is 13.5. The number of rotatable bonds is 10. The molecule has 2 N–H and O–H groups in total. The van der Waals surface area contributed by atoms with E-state index in [0.29, 0.717) is 44.1 Å². The minimum Gasteiger partial charge on any atom is -0.379 e. The van der Waals surface area contributed by atoms with Gasteiger partial charge in [-0.1, -0.05) is 6.07 Å². The first-order chi connectivity index (χ1) is 19.9. The third kappa shape index (κ3) is 8.14. The van der Waals surface area contributed by atoms with Crippen LogP contribution in [-0.4, -0.2) is 81.4 Å². The fraction of sp³-hybridized carbons (Fsp3) is 0.440. The zero-order valence-electron chi connectivity index (χ0n) is 22.0. The summed E-state index contributed by atoms with van der Waals surface area (Å²) in [5.74, 6) is -0.0900. The van der Waals surface area contributed by atoms with Crippen molar-refractivity contribution >= 4 is 17.5 Å². The molecule has 3 aromatic rings. The van der Waals surface area contributed by atoms with Gasteiger partial charge in [-0.2, -0.15) is 31.4 Å². The van der Waals surface area contributed by atoms with E-state index in [1.807, 2.05) is 0 Å². The van der Waals surface area contributed by atoms with Crippen molar-refractivity contribution in [2.75, 3.05) is 49.6 Å². The van der Waals surface area contributed by atoms with Gasteiger partial charge in [0.15, 0.2) is 0 Å². The van der Waals surface area contributed by atoms with E-state index in [4.69, 9.17) is 4.74 Å². The summed E-state index contributed by atoms with van der Waals surface area (Å²) in [7, 11) is 0. The maximum Gasteiger partial charge on any atom is 0.423 e. The fourth-order valence-corrected chi connectivity index (χ4v) is 4.29. The van der Waals surface area contributed by atoms with Crippen LogP contribution in [0.3, 0.4) is 0 Å². The molecule has 1 unspecified atom stereocenters. The first-order valence-corrected chi connectivity index (χ1v) is 12.7. The third-order valence-electron chi connectivity index (χ3n) is 6.36. The standard InChI is InChI=1S/C25H26F6N8O3/c26-24(27,28)17-12-33-23(34-13-17)39-7-5-38(6-8-39)20(40)3-9-42-15-18(10-16-2-1-4-32-11-16)36-19-14-35-37-22(41)21(19)25(29,30)31/h1-2,4,11-14,18H,3,5-10,15H2,(H2,36,37,41). The highest BCUT2D eigenvalue weighted by Crippen LogP contribution is 2.32. The first-order valence-electron chi connectivity index (χ1n) is 12.7. The van der Waals surface area contributed by atoms with Gasteiger partial charge in [0.1, 0.15) is 5.56 Å². The van der Waals surface area contributed by atoms with Crippen LogP contribution in [0.15, 0.2) is 47.9 Å². The molecule has 1 fully saturated rings. The summed E-state index contributed by atoms with van der Waals surface area (Å²) < 4.78 is 84.4. The molecule has 1 aliphatic rings. The molecule has 1 atom stereocenters. The molecule has 0 saturated carbocycles. The summed E-state index contributed by atoms with van der Waals surface area (Å²) in [6, 6.07) is 2.69. The molecule has 0 aromatic carbocycles. The minimum atomic E-state index is -4.92. The highest BCUT2D eigenvalue weighted by molar-refractivity contribution is 5.76. The molecule has 226 valence electrons. The Bertz CT molecular complexity index is 1380. The van der Waals surface area contributed by atoms with Gasteiger partial charge in [0.2, 0.25) is 11.9 Å². The fourth-order valence-electron chi connectivity index (χ4n) is 4.29. The molecular formula is C25H26F6N8O3. The predicted octanol–water partition coefficient (Wildman–Crippen LogP) is 2.77. The number of H-pyrrole nitrogens is 1. The highest BCUT2D eigenvalue weighted by atomic mass is 19.4. The molecule has 1 saturated heterocycles. The lowest BCUT2D eigenvalue weighted by molar-refractivity contribution is -0.139. The predicted molar refractivity (Wildman–Crippen MR) is 136 cm³/mol. The number of ether oxygens (including phenoxy) is 1. The molecule has 0 bridgehead atoms. The molecule has 0 radical (unpaired) electrons. The summed E-state index contributed by atoms with van der Waals surface area (Å²) in [4.78, 5) is 39.3. The largest absolute Gasteiger partial charge is 0.423 e. The van der Waals surface area contributed by atoms with Gasteiger partial charge in [-0.05, 0) is 18.1 Å². The zero-order chi connectivity index (χ0) is 30.3. The number of carbonyl (C=O) groups excluding carboxylic acids is 1. The van der Waals surface area contributed by atoms with Gasteiger partial charge in [-0.3, -0.25) is 14.6 Å². The number of nitrogens with one attached hydrogen (secondary N) is 2. The van der Waals surface area contributed by atoms with Crippen molar-refractivity contribution in [2.45, 2.75) is 31.2 Å². The number of piperazine rings is 1. The number of aromatic nitrogens is 5. The van der Waals surface area contributed by atoms with E-state index in [1.54, 1.807) is 39.4 Å². The Morgan fingerprint density at radius 1 is 1.02 bits per heavy atom. The van der Waals surface area contributed by atoms with Gasteiger partial charge in [0, 0.05) is 51.0 Å². The maximum absolute atomic E-state index is 13.5. The lowest BCUT2D eigenvalue weighted by Crippen LogP contribution is -2.49. The van der Waals surface area contributed by atoms with Gasteiger partial charge in [0.05, 0.1) is 43.1 Å². The lowest BCUT2D eigenvalue weighted by Gasteiger charge is -2.34. The Labute approximate surface area is 234 Å². The van der Waals surface area contributed by atoms with Crippen LogP contribution in [0.1, 0.15) is 23.1 Å². The number of amides is 1. The minimum absolute atomic E-state index is 0.00322. The van der Waals surface area contributed by atoms with E-state index in [0.717, 1.165) is 6.20 Å². The second kappa shape index (κ2) is 13.1. The van der Waals surface area contributed by atoms with E-state index >= 15 is 0 Å². The van der Waals surface area contributed by atoms with Crippen molar-refractivity contribution in [3.63, 3.8) is 0 Å². The summed E-state index contributed by atoms with van der Waals surface area (Å²) >= 11 is 0. The number of nitrogens with zero attached hydrogens (tertiary/aromatic N) is 6. The average Bonchev–Trinajstić information content (AvgIpc) is 2.95. The van der Waals surface area contributed by atoms with E-state index in [9.17, 15) is 35.9 Å². The van der Waals surface area contributed by atoms with Gasteiger partial charge < -0.3 is 19.9 Å². The second-order valence-corrected chi connectivity index (χ2v) is 9.35. The molecule has 17 heteroatoms. The molecule has 0 aliphatic carbocycles. The number of anilines is 2. The molecule has 1 amide bonds. The first kappa shape index (κ1) is 30.7. The van der Waals surface area contributed by atoms with E-state index in [1.165, 1.54) is 0 Å². The molecule has 11 nitrogen and oxygen atoms in total. The van der Waals surface area contributed by atoms with Crippen molar-refractivity contribution < 1.29 is 35.9 Å². The molecule has 0 spiro atoms. The third-order valence-corrected chi connectivity index (χ3v) is 6.36. The van der Waals surface area contributed by atoms with Gasteiger partial charge >= 0.3 is 12.4 Å². The van der Waals surface area contributed by atoms with Gasteiger partial charge in [0.25, 0.3) is 5.56 Å². The lowest BCUT2D eigenvalue weighted by atomic mass is 10.1. The van der Waals surface area contributed by atoms with Crippen LogP contribution in [0, 0.1) is 0 Å². The van der Waals surface area contributed by atoms with E-state index in [2.05, 4.69) is 25.4 Å². The molecule has 4 heterocycles. The van der Waals surface area contributed by atoms with Crippen LogP contribution >= 0.6 is 0 Å². The van der Waals surface area contributed by atoms with Crippen molar-refractivity contribution in [1.82, 2.24) is 30.0 Å². The Balaban J connectivity index is 1.29. The van der Waals surface area contributed by atoms with Crippen molar-refractivity contribution in [2.24, 2.45) is 0 Å². The topological polar surface area (TPSA) is 129 Å². The van der Waals surface area contributed by atoms with Crippen LogP contribution in [-0.2, 0) is 28.3 Å². The van der Waals surface area contributed by atoms with E-state index in [-0.39, 0.29) is 37.9 Å². The van der Waals surface area contributed by atoms with Crippen molar-refractivity contribution in [1.29, 1.82) is 0 Å². The average molecular weight is 601 g/mol. The summed E-state index contributed by atoms with van der Waals surface area (Å²) in [6.07, 6.45) is -3.86. The molecular weight excluding hydrogens is 574 g/mol. The van der Waals surface area contributed by atoms with E-state index < -0.39 is 40.8 Å². The number of hydrogen-bond acceptors (Lipinski definition) is 9. The Kier molecular flexibility index (Phi) is 9.59. The van der Waals surface area contributed by atoms with Crippen molar-refractivity contribution in [3.05, 3.63) is 70.2 Å². The monoisotopic (exact) mass is 600 g/mol. The van der Waals surface area contributed by atoms with Crippen LogP contribution in [0.25, 0.3) is 0 Å². The molecule has 3 aromatic heterocycles. The van der Waals surface area contributed by atoms with Crippen molar-refractivity contribution in [3.8, 4) is 0 Å². The Morgan fingerprint density at radius 3 is 2.36 bits per heavy atom. The summed E-state index contributed by atoms with van der Waals surface area (Å²) in [5, 5.41) is 7.95. The smallest absolute Gasteiger partial charge is 0.379 e. The zero-order valence-corrected chi connectivity index (χ0v) is 22.0. The molecule has 4 rings (SSSR count). The van der Waals surface area contributed by atoms with Crippen LogP contribution in [0.4, 0.5) is 38.0 Å². The second-order valence-electron chi connectivity index (χ2n) is 9.35. The van der Waals surface area contributed by atoms with Gasteiger partial charge in [-0.25, -0.2) is 15.1 Å². The molecule has 1 aliphatic heterocycles. The van der Waals surface area contributed by atoms with Crippen LogP contribution in [0.2, 0.25) is 0 Å². The molecule has 42 heavy (non-hydrogen) atoms. The highest BCUT2D eigenvalue weighted by Gasteiger charge is 2.38. The number of pyridine rings is 1. The Hall–Kier alpha value is -4.28. The number of carbonyl (C=O) groups is 1. The van der Waals surface area contributed by atoms with Gasteiger partial charge in [-0.15, -0.1) is 0 Å². The number of halogens is 6. The normalized spacial score (nSPS) is 15.0. The summed E-state index contributed by atoms with van der Waals surface area (Å²) in [6.45, 7) is 1.12. The van der Waals surface area contributed by atoms with Crippen LogP contribution in [0.5, 0.6) is 0 Å². The Morgan fingerprint density at radius 2 is 1.74 bits per heavy atom. The number of alkyl halides is 6. The quantitative estimate of drug-likeness (QED) is 0.267. The summed E-state index contributed by atoms with van der Waals surface area (Å²) in [5.41, 5.74) is -3.55. The number of hydrogen-bond donors (Lipinski definition) is 2. The number of aromatic amines is 1.